The van der Waals surface area contributed by atoms with Gasteiger partial charge in [-0.15, -0.1) is 0 Å². The topological polar surface area (TPSA) is 15.3 Å². The van der Waals surface area contributed by atoms with Gasteiger partial charge in [-0.25, -0.2) is 0 Å². The van der Waals surface area contributed by atoms with E-state index in [2.05, 4.69) is 10.2 Å². The lowest BCUT2D eigenvalue weighted by atomic mass is 9.72. The van der Waals surface area contributed by atoms with Crippen molar-refractivity contribution in [1.82, 2.24) is 10.2 Å². The number of rotatable bonds is 1. The van der Waals surface area contributed by atoms with Gasteiger partial charge in [0.05, 0.1) is 0 Å². The third kappa shape index (κ3) is 1.46. The fourth-order valence-corrected chi connectivity index (χ4v) is 5.06. The summed E-state index contributed by atoms with van der Waals surface area (Å²) in [5, 5.41) is 3.81. The molecule has 0 radical (unpaired) electrons. The molecule has 2 nitrogen and oxygen atoms in total. The molecule has 1 N–H and O–H groups in total. The molecule has 5 fully saturated rings. The van der Waals surface area contributed by atoms with Gasteiger partial charge in [-0.2, -0.15) is 0 Å². The van der Waals surface area contributed by atoms with Gasteiger partial charge in [0.15, 0.2) is 0 Å². The molecule has 4 aliphatic heterocycles. The molecule has 4 bridgehead atoms. The molecule has 4 heterocycles. The van der Waals surface area contributed by atoms with Crippen molar-refractivity contribution >= 4 is 0 Å². The predicted molar refractivity (Wildman–Crippen MR) is 65.5 cm³/mol. The summed E-state index contributed by atoms with van der Waals surface area (Å²) in [6, 6.07) is 4.62. The van der Waals surface area contributed by atoms with Gasteiger partial charge in [0.25, 0.3) is 0 Å². The molecule has 0 unspecified atom stereocenters. The van der Waals surface area contributed by atoms with Crippen LogP contribution in [0, 0.1) is 0 Å². The predicted octanol–water partition coefficient (Wildman–Crippen LogP) is 2.29. The Morgan fingerprint density at radius 1 is 0.688 bits per heavy atom. The lowest BCUT2D eigenvalue weighted by Gasteiger charge is -2.59. The second-order valence-electron chi connectivity index (χ2n) is 6.55. The van der Waals surface area contributed by atoms with Crippen LogP contribution in [0.2, 0.25) is 0 Å². The van der Waals surface area contributed by atoms with Crippen molar-refractivity contribution in [3.8, 4) is 0 Å². The fourth-order valence-electron chi connectivity index (χ4n) is 5.06. The first-order chi connectivity index (χ1) is 7.90. The van der Waals surface area contributed by atoms with Crippen LogP contribution in [-0.2, 0) is 0 Å². The molecule has 0 amide bonds. The van der Waals surface area contributed by atoms with E-state index in [4.69, 9.17) is 0 Å². The van der Waals surface area contributed by atoms with Crippen LogP contribution in [0.15, 0.2) is 0 Å². The van der Waals surface area contributed by atoms with E-state index in [-0.39, 0.29) is 0 Å². The minimum Gasteiger partial charge on any atom is -0.311 e. The Morgan fingerprint density at radius 3 is 1.81 bits per heavy atom. The normalized spacial score (nSPS) is 48.8. The van der Waals surface area contributed by atoms with E-state index in [9.17, 15) is 0 Å². The summed E-state index contributed by atoms with van der Waals surface area (Å²) >= 11 is 0. The second-order valence-corrected chi connectivity index (χ2v) is 6.55. The molecule has 1 aliphatic carbocycles. The summed E-state index contributed by atoms with van der Waals surface area (Å²) < 4.78 is 0. The van der Waals surface area contributed by atoms with Crippen LogP contribution < -0.4 is 5.32 Å². The smallest absolute Gasteiger partial charge is 0.0131 e. The van der Waals surface area contributed by atoms with Crippen LogP contribution >= 0.6 is 0 Å². The van der Waals surface area contributed by atoms with Gasteiger partial charge < -0.3 is 5.32 Å². The van der Waals surface area contributed by atoms with Crippen molar-refractivity contribution in [3.63, 3.8) is 0 Å². The summed E-state index contributed by atoms with van der Waals surface area (Å²) in [5.41, 5.74) is 0. The molecule has 90 valence electrons. The van der Waals surface area contributed by atoms with E-state index in [1.165, 1.54) is 57.8 Å². The lowest BCUT2D eigenvalue weighted by Crippen LogP contribution is -2.69. The van der Waals surface area contributed by atoms with Crippen LogP contribution in [0.4, 0.5) is 0 Å². The van der Waals surface area contributed by atoms with Crippen molar-refractivity contribution in [2.75, 3.05) is 0 Å². The van der Waals surface area contributed by atoms with Crippen molar-refractivity contribution < 1.29 is 0 Å². The highest BCUT2D eigenvalue weighted by Crippen LogP contribution is 2.42. The Kier molecular flexibility index (Phi) is 2.29. The van der Waals surface area contributed by atoms with Crippen molar-refractivity contribution in [3.05, 3.63) is 0 Å². The summed E-state index contributed by atoms with van der Waals surface area (Å²) in [6.07, 6.45) is 13.3. The Balaban J connectivity index is 1.55. The average molecular weight is 220 g/mol. The third-order valence-corrected chi connectivity index (χ3v) is 5.54. The molecule has 16 heavy (non-hydrogen) atoms. The highest BCUT2D eigenvalue weighted by molar-refractivity contribution is 5.06. The molecule has 0 aromatic rings. The van der Waals surface area contributed by atoms with Crippen molar-refractivity contribution in [1.29, 1.82) is 0 Å². The molecule has 0 spiro atoms. The summed E-state index contributed by atoms with van der Waals surface area (Å²) in [7, 11) is 0. The SMILES string of the molecule is C1CCC(N2C3CC4CC2CC(C3)N4)CC1. The third-order valence-electron chi connectivity index (χ3n) is 5.54. The minimum atomic E-state index is 0.877. The van der Waals surface area contributed by atoms with Crippen molar-refractivity contribution in [2.45, 2.75) is 88.0 Å². The Hall–Kier alpha value is -0.0800. The van der Waals surface area contributed by atoms with E-state index in [1.54, 1.807) is 0 Å². The molecule has 5 rings (SSSR count). The average Bonchev–Trinajstić information content (AvgIpc) is 2.29. The van der Waals surface area contributed by atoms with E-state index in [0.717, 1.165) is 30.2 Å². The number of hydrogen-bond donors (Lipinski definition) is 1. The van der Waals surface area contributed by atoms with Crippen LogP contribution in [0.1, 0.15) is 57.8 Å². The standard InChI is InChI=1S/C14H24N2/c1-2-4-12(5-3-1)16-13-6-10-7-14(16)9-11(8-13)15-10/h10-15H,1-9H2. The maximum Gasteiger partial charge on any atom is 0.0131 e. The van der Waals surface area contributed by atoms with Crippen LogP contribution in [0.5, 0.6) is 0 Å². The highest BCUT2D eigenvalue weighted by atomic mass is 15.3. The number of nitrogens with zero attached hydrogens (tertiary/aromatic N) is 1. The molecule has 4 saturated heterocycles. The Bertz CT molecular complexity index is 239. The first-order valence-electron chi connectivity index (χ1n) is 7.43. The summed E-state index contributed by atoms with van der Waals surface area (Å²) in [4.78, 5) is 2.98. The zero-order valence-corrected chi connectivity index (χ0v) is 10.2. The Labute approximate surface area is 98.8 Å². The van der Waals surface area contributed by atoms with Crippen LogP contribution in [-0.4, -0.2) is 35.1 Å². The number of piperidine rings is 4. The van der Waals surface area contributed by atoms with E-state index < -0.39 is 0 Å². The summed E-state index contributed by atoms with van der Waals surface area (Å²) in [6.45, 7) is 0. The lowest BCUT2D eigenvalue weighted by molar-refractivity contribution is -0.0647. The van der Waals surface area contributed by atoms with Gasteiger partial charge in [0.2, 0.25) is 0 Å². The molecular weight excluding hydrogens is 196 g/mol. The number of nitrogens with one attached hydrogen (secondary N) is 1. The maximum absolute atomic E-state index is 3.81. The maximum atomic E-state index is 3.81. The largest absolute Gasteiger partial charge is 0.311 e. The van der Waals surface area contributed by atoms with Crippen LogP contribution in [0.3, 0.4) is 0 Å². The van der Waals surface area contributed by atoms with Crippen LogP contribution in [0.25, 0.3) is 0 Å². The quantitative estimate of drug-likeness (QED) is 0.729. The van der Waals surface area contributed by atoms with E-state index in [1.807, 2.05) is 0 Å². The van der Waals surface area contributed by atoms with Gasteiger partial charge in [0.1, 0.15) is 0 Å². The second kappa shape index (κ2) is 3.71. The van der Waals surface area contributed by atoms with Gasteiger partial charge >= 0.3 is 0 Å². The molecular formula is C14H24N2. The zero-order valence-electron chi connectivity index (χ0n) is 10.2. The highest BCUT2D eigenvalue weighted by Gasteiger charge is 2.48. The first kappa shape index (κ1) is 9.90. The Morgan fingerprint density at radius 2 is 1.25 bits per heavy atom. The van der Waals surface area contributed by atoms with E-state index >= 15 is 0 Å². The molecule has 0 aromatic heterocycles. The van der Waals surface area contributed by atoms with Crippen molar-refractivity contribution in [2.24, 2.45) is 0 Å². The molecule has 5 aliphatic rings. The van der Waals surface area contributed by atoms with Gasteiger partial charge in [-0.3, -0.25) is 4.90 Å². The molecule has 0 atom stereocenters. The van der Waals surface area contributed by atoms with Gasteiger partial charge in [-0.05, 0) is 38.5 Å². The monoisotopic (exact) mass is 220 g/mol. The van der Waals surface area contributed by atoms with Gasteiger partial charge in [0, 0.05) is 30.2 Å². The zero-order chi connectivity index (χ0) is 10.5. The molecule has 2 heteroatoms. The minimum absolute atomic E-state index is 0.877. The summed E-state index contributed by atoms with van der Waals surface area (Å²) in [5.74, 6) is 0. The fraction of sp³-hybridized carbons (Fsp3) is 1.00. The van der Waals surface area contributed by atoms with E-state index in [0.29, 0.717) is 0 Å². The first-order valence-corrected chi connectivity index (χ1v) is 7.43. The van der Waals surface area contributed by atoms with Gasteiger partial charge in [-0.1, -0.05) is 19.3 Å². The molecule has 1 saturated carbocycles. The number of hydrogen-bond acceptors (Lipinski definition) is 2. The molecule has 0 aromatic carbocycles.